The third-order valence-electron chi connectivity index (χ3n) is 4.64. The maximum atomic E-state index is 12.7. The van der Waals surface area contributed by atoms with E-state index in [1.54, 1.807) is 6.92 Å². The summed E-state index contributed by atoms with van der Waals surface area (Å²) in [4.78, 5) is 12.7. The number of phenolic OH excluding ortho intramolecular Hbond substituents is 3. The molecule has 4 rings (SSSR count). The highest BCUT2D eigenvalue weighted by Crippen LogP contribution is 2.43. The molecule has 138 valence electrons. The zero-order valence-corrected chi connectivity index (χ0v) is 14.3. The molecule has 0 aliphatic carbocycles. The van der Waals surface area contributed by atoms with Crippen LogP contribution in [0, 0.1) is 0 Å². The van der Waals surface area contributed by atoms with Crippen LogP contribution in [0.3, 0.4) is 0 Å². The second-order valence-corrected chi connectivity index (χ2v) is 6.54. The Balaban J connectivity index is 1.97. The van der Waals surface area contributed by atoms with Crippen LogP contribution in [-0.2, 0) is 6.42 Å². The predicted octanol–water partition coefficient (Wildman–Crippen LogP) is 3.16. The van der Waals surface area contributed by atoms with E-state index in [0.29, 0.717) is 17.7 Å². The van der Waals surface area contributed by atoms with E-state index < -0.39 is 16.9 Å². The molecule has 0 saturated carbocycles. The molecule has 0 radical (unpaired) electrons. The zero-order chi connectivity index (χ0) is 19.5. The number of hydrogen-bond acceptors (Lipinski definition) is 7. The molecule has 0 unspecified atom stereocenters. The van der Waals surface area contributed by atoms with Crippen molar-refractivity contribution in [2.45, 2.75) is 19.4 Å². The molecule has 0 saturated heterocycles. The summed E-state index contributed by atoms with van der Waals surface area (Å²) in [6.07, 6.45) is 0.0418. The first-order valence-electron chi connectivity index (χ1n) is 8.17. The lowest BCUT2D eigenvalue weighted by Gasteiger charge is -2.10. The molecule has 1 aromatic heterocycles. The number of phenols is 3. The van der Waals surface area contributed by atoms with Crippen molar-refractivity contribution in [1.29, 1.82) is 0 Å². The summed E-state index contributed by atoms with van der Waals surface area (Å²) in [5, 5.41) is 39.8. The van der Waals surface area contributed by atoms with E-state index in [2.05, 4.69) is 6.58 Å². The van der Waals surface area contributed by atoms with Gasteiger partial charge in [0.05, 0.1) is 0 Å². The maximum absolute atomic E-state index is 12.7. The van der Waals surface area contributed by atoms with E-state index in [0.717, 1.165) is 11.6 Å². The van der Waals surface area contributed by atoms with Crippen molar-refractivity contribution in [3.63, 3.8) is 0 Å². The third kappa shape index (κ3) is 2.47. The van der Waals surface area contributed by atoms with Gasteiger partial charge in [-0.25, -0.2) is 0 Å². The van der Waals surface area contributed by atoms with Gasteiger partial charge in [-0.3, -0.25) is 4.79 Å². The van der Waals surface area contributed by atoms with Gasteiger partial charge in [-0.2, -0.15) is 0 Å². The molecule has 4 N–H and O–H groups in total. The summed E-state index contributed by atoms with van der Waals surface area (Å²) in [5.41, 5.74) is 0.633. The Morgan fingerprint density at radius 2 is 1.85 bits per heavy atom. The van der Waals surface area contributed by atoms with Crippen LogP contribution in [0.2, 0.25) is 0 Å². The summed E-state index contributed by atoms with van der Waals surface area (Å²) in [5.74, 6) is -1.61. The Morgan fingerprint density at radius 3 is 2.52 bits per heavy atom. The Morgan fingerprint density at radius 1 is 1.11 bits per heavy atom. The average Bonchev–Trinajstić information content (AvgIpc) is 3.05. The Kier molecular flexibility index (Phi) is 3.56. The van der Waals surface area contributed by atoms with Crippen LogP contribution < -0.4 is 10.2 Å². The lowest BCUT2D eigenvalue weighted by Crippen LogP contribution is -2.13. The maximum Gasteiger partial charge on any atom is 0.238 e. The van der Waals surface area contributed by atoms with Gasteiger partial charge in [-0.1, -0.05) is 6.58 Å². The van der Waals surface area contributed by atoms with Gasteiger partial charge >= 0.3 is 0 Å². The highest BCUT2D eigenvalue weighted by molar-refractivity contribution is 5.90. The molecular formula is C20H16O7. The first kappa shape index (κ1) is 16.8. The molecule has 27 heavy (non-hydrogen) atoms. The molecule has 1 atom stereocenters. The summed E-state index contributed by atoms with van der Waals surface area (Å²) >= 11 is 0. The lowest BCUT2D eigenvalue weighted by molar-refractivity contribution is 0.271. The van der Waals surface area contributed by atoms with Crippen LogP contribution in [-0.4, -0.2) is 26.5 Å². The molecule has 0 fully saturated rings. The van der Waals surface area contributed by atoms with E-state index in [1.807, 2.05) is 0 Å². The molecule has 1 aliphatic heterocycles. The number of fused-ring (bicyclic) bond motifs is 2. The highest BCUT2D eigenvalue weighted by atomic mass is 16.5. The lowest BCUT2D eigenvalue weighted by atomic mass is 10.0. The Labute approximate surface area is 153 Å². The van der Waals surface area contributed by atoms with Crippen LogP contribution in [0.15, 0.2) is 45.6 Å². The van der Waals surface area contributed by atoms with E-state index in [-0.39, 0.29) is 39.9 Å². The predicted molar refractivity (Wildman–Crippen MR) is 97.5 cm³/mol. The molecule has 3 aromatic rings. The second-order valence-electron chi connectivity index (χ2n) is 6.54. The van der Waals surface area contributed by atoms with Crippen LogP contribution in [0.5, 0.6) is 28.7 Å². The average molecular weight is 368 g/mol. The van der Waals surface area contributed by atoms with Crippen LogP contribution in [0.25, 0.3) is 22.3 Å². The van der Waals surface area contributed by atoms with Gasteiger partial charge in [0.15, 0.2) is 17.3 Å². The minimum absolute atomic E-state index is 0.0268. The molecule has 7 heteroatoms. The first-order chi connectivity index (χ1) is 12.8. The van der Waals surface area contributed by atoms with Crippen LogP contribution >= 0.6 is 0 Å². The summed E-state index contributed by atoms with van der Waals surface area (Å²) < 4.78 is 11.4. The zero-order valence-electron chi connectivity index (χ0n) is 14.3. The van der Waals surface area contributed by atoms with Gasteiger partial charge < -0.3 is 29.6 Å². The van der Waals surface area contributed by atoms with E-state index in [4.69, 9.17) is 9.15 Å². The number of hydrogen-bond donors (Lipinski definition) is 4. The summed E-state index contributed by atoms with van der Waals surface area (Å²) in [6, 6.07) is 5.21. The van der Waals surface area contributed by atoms with Crippen molar-refractivity contribution in [2.24, 2.45) is 0 Å². The number of rotatable bonds is 2. The highest BCUT2D eigenvalue weighted by Gasteiger charge is 2.30. The molecule has 2 heterocycles. The first-order valence-corrected chi connectivity index (χ1v) is 8.17. The number of ether oxygens (including phenoxy) is 1. The van der Waals surface area contributed by atoms with Gasteiger partial charge in [0.2, 0.25) is 11.2 Å². The fourth-order valence-electron chi connectivity index (χ4n) is 3.16. The minimum Gasteiger partial charge on any atom is -0.507 e. The third-order valence-corrected chi connectivity index (χ3v) is 4.64. The monoisotopic (exact) mass is 368 g/mol. The van der Waals surface area contributed by atoms with Crippen molar-refractivity contribution in [3.8, 4) is 40.1 Å². The Hall–Kier alpha value is -3.61. The summed E-state index contributed by atoms with van der Waals surface area (Å²) in [7, 11) is 0. The quantitative estimate of drug-likeness (QED) is 0.405. The molecule has 2 aromatic carbocycles. The normalized spacial score (nSPS) is 15.5. The minimum atomic E-state index is -0.808. The fraction of sp³-hybridized carbons (Fsp3) is 0.150. The second kappa shape index (κ2) is 5.70. The topological polar surface area (TPSA) is 120 Å². The van der Waals surface area contributed by atoms with Gasteiger partial charge in [0.1, 0.15) is 28.6 Å². The molecule has 7 nitrogen and oxygen atoms in total. The van der Waals surface area contributed by atoms with E-state index in [1.165, 1.54) is 18.2 Å². The molecule has 1 aliphatic rings. The molecule has 0 spiro atoms. The molecule has 0 bridgehead atoms. The molecule has 0 amide bonds. The smallest absolute Gasteiger partial charge is 0.238 e. The van der Waals surface area contributed by atoms with Crippen molar-refractivity contribution in [2.75, 3.05) is 0 Å². The Bertz CT molecular complexity index is 1170. The SMILES string of the molecule is C=C(C)[C@H]1Cc2c(cc3oc(-c4ccc(O)c(O)c4)c(O)c(=O)c3c2O)O1. The van der Waals surface area contributed by atoms with Crippen molar-refractivity contribution in [3.05, 3.63) is 52.2 Å². The largest absolute Gasteiger partial charge is 0.507 e. The van der Waals surface area contributed by atoms with E-state index in [9.17, 15) is 25.2 Å². The molecular weight excluding hydrogens is 352 g/mol. The van der Waals surface area contributed by atoms with E-state index >= 15 is 0 Å². The van der Waals surface area contributed by atoms with Crippen molar-refractivity contribution >= 4 is 11.0 Å². The standard InChI is InChI=1S/C20H16O7/c1-8(2)13-6-10-14(26-13)7-15-16(17(10)23)18(24)19(25)20(27-15)9-3-4-11(21)12(22)5-9/h3-5,7,13,21-23,25H,1,6H2,2H3/t13-/m1/s1. The van der Waals surface area contributed by atoms with Gasteiger partial charge in [-0.05, 0) is 30.7 Å². The number of benzene rings is 2. The van der Waals surface area contributed by atoms with Gasteiger partial charge in [0.25, 0.3) is 0 Å². The summed E-state index contributed by atoms with van der Waals surface area (Å²) in [6.45, 7) is 5.65. The van der Waals surface area contributed by atoms with Crippen molar-refractivity contribution < 1.29 is 29.6 Å². The van der Waals surface area contributed by atoms with Gasteiger partial charge in [0, 0.05) is 23.6 Å². The van der Waals surface area contributed by atoms with Crippen molar-refractivity contribution in [1.82, 2.24) is 0 Å². The van der Waals surface area contributed by atoms with Crippen LogP contribution in [0.1, 0.15) is 12.5 Å². The number of aromatic hydroxyl groups is 4. The van der Waals surface area contributed by atoms with Gasteiger partial charge in [-0.15, -0.1) is 0 Å². The van der Waals surface area contributed by atoms with Crippen LogP contribution in [0.4, 0.5) is 0 Å². The fourth-order valence-corrected chi connectivity index (χ4v) is 3.16.